The fraction of sp³-hybridized carbons (Fsp3) is 0.714. The number of methoxy groups -OCH3 is 1. The number of hydrogen-bond acceptors (Lipinski definition) is 6. The number of carbonyl (C=O) groups excluding carboxylic acids is 1. The monoisotopic (exact) mass is 297 g/mol. The Morgan fingerprint density at radius 2 is 2.05 bits per heavy atom. The van der Waals surface area contributed by atoms with Crippen LogP contribution in [0, 0.1) is 0 Å². The van der Waals surface area contributed by atoms with Crippen molar-refractivity contribution in [3.05, 3.63) is 4.88 Å². The summed E-state index contributed by atoms with van der Waals surface area (Å²) in [7, 11) is 1.52. The first-order valence-electron chi connectivity index (χ1n) is 7.07. The molecule has 20 heavy (non-hydrogen) atoms. The number of thiazole rings is 1. The van der Waals surface area contributed by atoms with Gasteiger partial charge < -0.3 is 15.8 Å². The van der Waals surface area contributed by atoms with Gasteiger partial charge in [0, 0.05) is 13.2 Å². The zero-order valence-corrected chi connectivity index (χ0v) is 13.2. The second-order valence-electron chi connectivity index (χ2n) is 5.76. The first-order valence-corrected chi connectivity index (χ1v) is 7.88. The molecule has 0 atom stereocenters. The molecule has 0 aliphatic heterocycles. The molecule has 1 aliphatic carbocycles. The van der Waals surface area contributed by atoms with Crippen LogP contribution < -0.4 is 11.1 Å². The van der Waals surface area contributed by atoms with Crippen LogP contribution in [0.25, 0.3) is 0 Å². The van der Waals surface area contributed by atoms with Gasteiger partial charge in [0.1, 0.15) is 16.3 Å². The number of ketones is 1. The zero-order valence-electron chi connectivity index (χ0n) is 12.4. The van der Waals surface area contributed by atoms with E-state index in [2.05, 4.69) is 10.3 Å². The highest BCUT2D eigenvalue weighted by molar-refractivity contribution is 7.18. The standard InChI is InChI=1S/C14H23N3O2S/c1-14(2,19-3)11(18)10-12(15)17-13(20-10)16-9-7-5-4-6-8-9/h9H,4-8,15H2,1-3H3,(H,16,17). The van der Waals surface area contributed by atoms with Crippen LogP contribution in [-0.4, -0.2) is 29.5 Å². The van der Waals surface area contributed by atoms with Crippen molar-refractivity contribution in [2.75, 3.05) is 18.2 Å². The number of anilines is 2. The largest absolute Gasteiger partial charge is 0.382 e. The third-order valence-electron chi connectivity index (χ3n) is 3.85. The third kappa shape index (κ3) is 3.30. The summed E-state index contributed by atoms with van der Waals surface area (Å²) in [6.07, 6.45) is 6.13. The molecule has 1 heterocycles. The van der Waals surface area contributed by atoms with Crippen LogP contribution in [0.1, 0.15) is 55.6 Å². The number of nitrogens with two attached hydrogens (primary N) is 1. The average molecular weight is 297 g/mol. The van der Waals surface area contributed by atoms with E-state index in [1.165, 1.54) is 37.7 Å². The first-order chi connectivity index (χ1) is 9.44. The highest BCUT2D eigenvalue weighted by atomic mass is 32.1. The molecule has 0 unspecified atom stereocenters. The number of aromatic nitrogens is 1. The molecule has 0 radical (unpaired) electrons. The van der Waals surface area contributed by atoms with Crippen LogP contribution in [0.3, 0.4) is 0 Å². The van der Waals surface area contributed by atoms with E-state index in [4.69, 9.17) is 10.5 Å². The molecule has 1 saturated carbocycles. The topological polar surface area (TPSA) is 77.2 Å². The van der Waals surface area contributed by atoms with Gasteiger partial charge in [-0.3, -0.25) is 4.79 Å². The van der Waals surface area contributed by atoms with Crippen molar-refractivity contribution in [2.24, 2.45) is 0 Å². The minimum Gasteiger partial charge on any atom is -0.382 e. The van der Waals surface area contributed by atoms with E-state index in [1.807, 2.05) is 0 Å². The van der Waals surface area contributed by atoms with Gasteiger partial charge in [-0.05, 0) is 26.7 Å². The molecule has 1 fully saturated rings. The minimum absolute atomic E-state index is 0.119. The molecular formula is C14H23N3O2S. The summed E-state index contributed by atoms with van der Waals surface area (Å²) in [5, 5.41) is 4.14. The van der Waals surface area contributed by atoms with Crippen molar-refractivity contribution in [3.63, 3.8) is 0 Å². The molecule has 0 amide bonds. The van der Waals surface area contributed by atoms with Crippen molar-refractivity contribution >= 4 is 28.1 Å². The molecule has 1 aromatic rings. The van der Waals surface area contributed by atoms with E-state index in [-0.39, 0.29) is 5.78 Å². The Morgan fingerprint density at radius 3 is 2.65 bits per heavy atom. The van der Waals surface area contributed by atoms with E-state index >= 15 is 0 Å². The number of Topliss-reactive ketones (excluding diaryl/α,β-unsaturated/α-hetero) is 1. The van der Waals surface area contributed by atoms with Gasteiger partial charge in [-0.1, -0.05) is 30.6 Å². The number of nitrogens with one attached hydrogen (secondary N) is 1. The Morgan fingerprint density at radius 1 is 1.40 bits per heavy atom. The van der Waals surface area contributed by atoms with E-state index < -0.39 is 5.60 Å². The molecule has 0 aromatic carbocycles. The summed E-state index contributed by atoms with van der Waals surface area (Å²) >= 11 is 1.33. The first kappa shape index (κ1) is 15.3. The third-order valence-corrected chi connectivity index (χ3v) is 4.85. The molecule has 3 N–H and O–H groups in total. The van der Waals surface area contributed by atoms with Crippen LogP contribution in [0.4, 0.5) is 10.9 Å². The number of hydrogen-bond donors (Lipinski definition) is 2. The van der Waals surface area contributed by atoms with E-state index in [9.17, 15) is 4.79 Å². The van der Waals surface area contributed by atoms with Crippen LogP contribution >= 0.6 is 11.3 Å². The number of ether oxygens (including phenoxy) is 1. The molecule has 0 saturated heterocycles. The molecule has 1 aromatic heterocycles. The molecular weight excluding hydrogens is 274 g/mol. The van der Waals surface area contributed by atoms with Crippen molar-refractivity contribution in [1.82, 2.24) is 4.98 Å². The second kappa shape index (κ2) is 6.10. The summed E-state index contributed by atoms with van der Waals surface area (Å²) in [6.45, 7) is 3.48. The van der Waals surface area contributed by atoms with Crippen LogP contribution in [-0.2, 0) is 4.74 Å². The summed E-state index contributed by atoms with van der Waals surface area (Å²) in [4.78, 5) is 17.1. The van der Waals surface area contributed by atoms with E-state index in [0.717, 1.165) is 18.0 Å². The summed E-state index contributed by atoms with van der Waals surface area (Å²) in [5.74, 6) is 0.176. The fourth-order valence-electron chi connectivity index (χ4n) is 2.34. The Hall–Kier alpha value is -1.14. The lowest BCUT2D eigenvalue weighted by molar-refractivity contribution is 0.0233. The van der Waals surface area contributed by atoms with Gasteiger partial charge in [-0.15, -0.1) is 0 Å². The molecule has 112 valence electrons. The van der Waals surface area contributed by atoms with Gasteiger partial charge >= 0.3 is 0 Å². The van der Waals surface area contributed by atoms with E-state index in [0.29, 0.717) is 16.7 Å². The van der Waals surface area contributed by atoms with Gasteiger partial charge in [0.05, 0.1) is 0 Å². The average Bonchev–Trinajstić information content (AvgIpc) is 2.79. The van der Waals surface area contributed by atoms with Gasteiger partial charge in [0.2, 0.25) is 5.78 Å². The van der Waals surface area contributed by atoms with Gasteiger partial charge in [-0.25, -0.2) is 4.98 Å². The molecule has 0 spiro atoms. The minimum atomic E-state index is -0.872. The lowest BCUT2D eigenvalue weighted by atomic mass is 9.96. The molecule has 6 heteroatoms. The molecule has 2 rings (SSSR count). The summed E-state index contributed by atoms with van der Waals surface area (Å²) < 4.78 is 5.22. The predicted molar refractivity (Wildman–Crippen MR) is 82.4 cm³/mol. The Bertz CT molecular complexity index is 479. The molecule has 5 nitrogen and oxygen atoms in total. The van der Waals surface area contributed by atoms with E-state index in [1.54, 1.807) is 13.8 Å². The quantitative estimate of drug-likeness (QED) is 0.817. The maximum Gasteiger partial charge on any atom is 0.207 e. The highest BCUT2D eigenvalue weighted by Crippen LogP contribution is 2.31. The predicted octanol–water partition coefficient (Wildman–Crippen LogP) is 3.08. The van der Waals surface area contributed by atoms with Crippen LogP contribution in [0.15, 0.2) is 0 Å². The lowest BCUT2D eigenvalue weighted by Crippen LogP contribution is -2.33. The Kier molecular flexibility index (Phi) is 4.65. The number of rotatable bonds is 5. The van der Waals surface area contributed by atoms with Crippen molar-refractivity contribution in [1.29, 1.82) is 0 Å². The smallest absolute Gasteiger partial charge is 0.207 e. The fourth-order valence-corrected chi connectivity index (χ4v) is 3.40. The summed E-state index contributed by atoms with van der Waals surface area (Å²) in [6, 6.07) is 0.452. The van der Waals surface area contributed by atoms with Crippen LogP contribution in [0.2, 0.25) is 0 Å². The number of carbonyl (C=O) groups is 1. The lowest BCUT2D eigenvalue weighted by Gasteiger charge is -2.22. The normalized spacial score (nSPS) is 17.1. The van der Waals surface area contributed by atoms with Crippen molar-refractivity contribution in [2.45, 2.75) is 57.6 Å². The Balaban J connectivity index is 2.11. The Labute approximate surface area is 123 Å². The van der Waals surface area contributed by atoms with Gasteiger partial charge in [0.25, 0.3) is 0 Å². The van der Waals surface area contributed by atoms with Gasteiger partial charge in [0.15, 0.2) is 5.13 Å². The number of nitrogen functional groups attached to an aromatic ring is 1. The molecule has 1 aliphatic rings. The maximum atomic E-state index is 12.4. The van der Waals surface area contributed by atoms with Crippen molar-refractivity contribution < 1.29 is 9.53 Å². The zero-order chi connectivity index (χ0) is 14.8. The highest BCUT2D eigenvalue weighted by Gasteiger charge is 2.32. The number of nitrogens with zero attached hydrogens (tertiary/aromatic N) is 1. The van der Waals surface area contributed by atoms with Crippen LogP contribution in [0.5, 0.6) is 0 Å². The van der Waals surface area contributed by atoms with Gasteiger partial charge in [-0.2, -0.15) is 0 Å². The molecule has 0 bridgehead atoms. The second-order valence-corrected chi connectivity index (χ2v) is 6.76. The maximum absolute atomic E-state index is 12.4. The SMILES string of the molecule is COC(C)(C)C(=O)c1sc(NC2CCCCC2)nc1N. The summed E-state index contributed by atoms with van der Waals surface area (Å²) in [5.41, 5.74) is 5.01. The van der Waals surface area contributed by atoms with Crippen molar-refractivity contribution in [3.8, 4) is 0 Å².